The van der Waals surface area contributed by atoms with Crippen molar-refractivity contribution < 1.29 is 9.90 Å². The molecule has 0 spiro atoms. The number of benzene rings is 1. The summed E-state index contributed by atoms with van der Waals surface area (Å²) in [5.41, 5.74) is 2.37. The summed E-state index contributed by atoms with van der Waals surface area (Å²) >= 11 is 2.80. The minimum Gasteiger partial charge on any atom is -0.481 e. The fourth-order valence-corrected chi connectivity index (χ4v) is 3.72. The van der Waals surface area contributed by atoms with Crippen LogP contribution in [0.15, 0.2) is 34.3 Å². The molecule has 6 nitrogen and oxygen atoms in total. The van der Waals surface area contributed by atoms with Gasteiger partial charge < -0.3 is 10.4 Å². The van der Waals surface area contributed by atoms with Gasteiger partial charge in [-0.15, -0.1) is 11.8 Å². The highest BCUT2D eigenvalue weighted by atomic mass is 32.2. The summed E-state index contributed by atoms with van der Waals surface area (Å²) in [4.78, 5) is 20.6. The highest BCUT2D eigenvalue weighted by molar-refractivity contribution is 8.00. The number of thioether (sulfide) groups is 2. The molecule has 0 amide bonds. The normalized spacial score (nSPS) is 12.5. The molecule has 8 heteroatoms. The van der Waals surface area contributed by atoms with E-state index < -0.39 is 5.97 Å². The monoisotopic (exact) mass is 344 g/mol. The van der Waals surface area contributed by atoms with Gasteiger partial charge in [0.15, 0.2) is 5.16 Å². The molecule has 1 aromatic heterocycles. The molecule has 1 aliphatic heterocycles. The molecular weight excluding hydrogens is 332 g/mol. The number of nitrogens with zero attached hydrogens (tertiary/aromatic N) is 3. The number of hydrogen-bond donors (Lipinski definition) is 2. The molecule has 0 aliphatic carbocycles. The summed E-state index contributed by atoms with van der Waals surface area (Å²) in [5.74, 6) is 0.673. The first-order valence-corrected chi connectivity index (χ1v) is 8.78. The van der Waals surface area contributed by atoms with E-state index in [0.717, 1.165) is 40.2 Å². The molecule has 0 radical (unpaired) electrons. The third-order valence-electron chi connectivity index (χ3n) is 3.10. The molecule has 0 bridgehead atoms. The average molecular weight is 344 g/mol. The van der Waals surface area contributed by atoms with Crippen LogP contribution in [-0.4, -0.2) is 32.5 Å². The lowest BCUT2D eigenvalue weighted by Gasteiger charge is -2.11. The third kappa shape index (κ3) is 3.75. The van der Waals surface area contributed by atoms with Crippen molar-refractivity contribution in [2.24, 2.45) is 0 Å². The fourth-order valence-electron chi connectivity index (χ4n) is 2.09. The number of aromatic nitrogens is 2. The Hall–Kier alpha value is -2.24. The number of hydrogen-bond acceptors (Lipinski definition) is 7. The molecule has 0 unspecified atom stereocenters. The molecule has 116 valence electrons. The molecular formula is C15H12N4O2S2. The van der Waals surface area contributed by atoms with Crippen LogP contribution >= 0.6 is 23.5 Å². The van der Waals surface area contributed by atoms with E-state index >= 15 is 0 Å². The van der Waals surface area contributed by atoms with Crippen LogP contribution in [-0.2, 0) is 11.2 Å². The van der Waals surface area contributed by atoms with Crippen molar-refractivity contribution in [3.8, 4) is 6.07 Å². The number of nitriles is 1. The second kappa shape index (κ2) is 6.89. The first-order chi connectivity index (χ1) is 11.2. The van der Waals surface area contributed by atoms with Crippen LogP contribution in [0.2, 0.25) is 0 Å². The SMILES string of the molecule is N#Cc1ccc(Nc2nc(SCC(=O)O)nc3c2SCC3)cc1. The zero-order valence-electron chi connectivity index (χ0n) is 11.9. The van der Waals surface area contributed by atoms with E-state index in [1.54, 1.807) is 23.9 Å². The molecule has 0 fully saturated rings. The van der Waals surface area contributed by atoms with E-state index in [2.05, 4.69) is 21.4 Å². The highest BCUT2D eigenvalue weighted by Crippen LogP contribution is 2.37. The van der Waals surface area contributed by atoms with E-state index in [1.807, 2.05) is 12.1 Å². The van der Waals surface area contributed by atoms with Crippen LogP contribution in [0.4, 0.5) is 11.5 Å². The van der Waals surface area contributed by atoms with Crippen molar-refractivity contribution in [2.45, 2.75) is 16.5 Å². The zero-order valence-corrected chi connectivity index (χ0v) is 13.6. The summed E-state index contributed by atoms with van der Waals surface area (Å²) < 4.78 is 0. The van der Waals surface area contributed by atoms with Gasteiger partial charge in [0.05, 0.1) is 28.0 Å². The Morgan fingerprint density at radius 1 is 1.39 bits per heavy atom. The molecule has 2 heterocycles. The first-order valence-electron chi connectivity index (χ1n) is 6.81. The average Bonchev–Trinajstić information content (AvgIpc) is 3.02. The van der Waals surface area contributed by atoms with Crippen molar-refractivity contribution >= 4 is 41.0 Å². The molecule has 3 rings (SSSR count). The lowest BCUT2D eigenvalue weighted by molar-refractivity contribution is -0.133. The molecule has 23 heavy (non-hydrogen) atoms. The van der Waals surface area contributed by atoms with Crippen molar-refractivity contribution in [2.75, 3.05) is 16.8 Å². The van der Waals surface area contributed by atoms with Gasteiger partial charge in [-0.05, 0) is 24.3 Å². The van der Waals surface area contributed by atoms with Gasteiger partial charge in [-0.25, -0.2) is 9.97 Å². The van der Waals surface area contributed by atoms with E-state index in [9.17, 15) is 4.79 Å². The zero-order chi connectivity index (χ0) is 16.2. The Bertz CT molecular complexity index is 787. The van der Waals surface area contributed by atoms with Crippen LogP contribution in [0.3, 0.4) is 0 Å². The predicted octanol–water partition coefficient (Wildman–Crippen LogP) is 2.92. The van der Waals surface area contributed by atoms with Crippen LogP contribution in [0, 0.1) is 11.3 Å². The van der Waals surface area contributed by atoms with Gasteiger partial charge >= 0.3 is 5.97 Å². The molecule has 0 saturated carbocycles. The Balaban J connectivity index is 1.87. The van der Waals surface area contributed by atoms with Gasteiger partial charge in [0, 0.05) is 17.9 Å². The summed E-state index contributed by atoms with van der Waals surface area (Å²) in [6.07, 6.45) is 0.852. The number of carboxylic acids is 1. The quantitative estimate of drug-likeness (QED) is 0.631. The Labute approximate surface area is 141 Å². The maximum absolute atomic E-state index is 10.7. The molecule has 2 aromatic rings. The number of anilines is 2. The third-order valence-corrected chi connectivity index (χ3v) is 5.06. The minimum absolute atomic E-state index is 0.0672. The summed E-state index contributed by atoms with van der Waals surface area (Å²) in [6, 6.07) is 9.18. The summed E-state index contributed by atoms with van der Waals surface area (Å²) in [6.45, 7) is 0. The number of rotatable bonds is 5. The minimum atomic E-state index is -0.893. The largest absolute Gasteiger partial charge is 0.481 e. The summed E-state index contributed by atoms with van der Waals surface area (Å²) in [7, 11) is 0. The summed E-state index contributed by atoms with van der Waals surface area (Å²) in [5, 5.41) is 21.3. The van der Waals surface area contributed by atoms with Gasteiger partial charge in [-0.2, -0.15) is 5.26 Å². The van der Waals surface area contributed by atoms with Crippen molar-refractivity contribution in [3.05, 3.63) is 35.5 Å². The van der Waals surface area contributed by atoms with Crippen LogP contribution < -0.4 is 5.32 Å². The van der Waals surface area contributed by atoms with Gasteiger partial charge in [0.2, 0.25) is 0 Å². The fraction of sp³-hybridized carbons (Fsp3) is 0.200. The second-order valence-corrected chi connectivity index (χ2v) is 6.77. The number of aryl methyl sites for hydroxylation is 1. The lowest BCUT2D eigenvalue weighted by atomic mass is 10.2. The first kappa shape index (κ1) is 15.6. The molecule has 2 N–H and O–H groups in total. The van der Waals surface area contributed by atoms with Crippen LogP contribution in [0.25, 0.3) is 0 Å². The van der Waals surface area contributed by atoms with Gasteiger partial charge in [0.25, 0.3) is 0 Å². The van der Waals surface area contributed by atoms with Crippen molar-refractivity contribution in [1.29, 1.82) is 5.26 Å². The Morgan fingerprint density at radius 3 is 2.87 bits per heavy atom. The standard InChI is InChI=1S/C15H12N4O2S2/c16-7-9-1-3-10(4-2-9)17-14-13-11(5-6-22-13)18-15(19-14)23-8-12(20)21/h1-4H,5-6,8H2,(H,20,21)(H,17,18,19). The number of carbonyl (C=O) groups is 1. The van der Waals surface area contributed by atoms with Crippen LogP contribution in [0.5, 0.6) is 0 Å². The maximum Gasteiger partial charge on any atom is 0.313 e. The van der Waals surface area contributed by atoms with Gasteiger partial charge in [-0.3, -0.25) is 4.79 Å². The Morgan fingerprint density at radius 2 is 2.17 bits per heavy atom. The maximum atomic E-state index is 10.7. The van der Waals surface area contributed by atoms with Crippen molar-refractivity contribution in [3.63, 3.8) is 0 Å². The smallest absolute Gasteiger partial charge is 0.313 e. The lowest BCUT2D eigenvalue weighted by Crippen LogP contribution is -2.04. The van der Waals surface area contributed by atoms with E-state index in [-0.39, 0.29) is 5.75 Å². The van der Waals surface area contributed by atoms with Gasteiger partial charge in [0.1, 0.15) is 5.82 Å². The highest BCUT2D eigenvalue weighted by Gasteiger charge is 2.20. The molecule has 1 aliphatic rings. The van der Waals surface area contributed by atoms with Gasteiger partial charge in [-0.1, -0.05) is 11.8 Å². The molecule has 0 atom stereocenters. The number of fused-ring (bicyclic) bond motifs is 1. The Kier molecular flexibility index (Phi) is 4.69. The molecule has 0 saturated heterocycles. The topological polar surface area (TPSA) is 98.9 Å². The van der Waals surface area contributed by atoms with E-state index in [1.165, 1.54) is 0 Å². The van der Waals surface area contributed by atoms with Crippen LogP contribution in [0.1, 0.15) is 11.3 Å². The number of nitrogens with one attached hydrogen (secondary N) is 1. The van der Waals surface area contributed by atoms with Crippen molar-refractivity contribution in [1.82, 2.24) is 9.97 Å². The van der Waals surface area contributed by atoms with E-state index in [0.29, 0.717) is 16.5 Å². The van der Waals surface area contributed by atoms with E-state index in [4.69, 9.17) is 10.4 Å². The number of aliphatic carboxylic acids is 1. The molecule has 1 aromatic carbocycles. The number of carboxylic acid groups (broad SMARTS) is 1. The second-order valence-electron chi connectivity index (χ2n) is 4.73. The predicted molar refractivity (Wildman–Crippen MR) is 89.3 cm³/mol.